The van der Waals surface area contributed by atoms with E-state index in [0.29, 0.717) is 17.1 Å². The number of nitrogens with zero attached hydrogens (tertiary/aromatic N) is 1. The molecular weight excluding hydrogens is 366 g/mol. The number of ketones is 1. The molecule has 1 amide bonds. The van der Waals surface area contributed by atoms with Crippen LogP contribution in [0.5, 0.6) is 0 Å². The van der Waals surface area contributed by atoms with Gasteiger partial charge in [0, 0.05) is 18.7 Å². The molecule has 3 rings (SSSR count). The largest absolute Gasteiger partial charge is 0.469 e. The molecule has 1 saturated heterocycles. The SMILES string of the molecule is COC(=O)C[C@@H]1C(=O)N(Cc2ccccc2)C[C@H]1C(=O)c1ccccc1Cl. The smallest absolute Gasteiger partial charge is 0.306 e. The van der Waals surface area contributed by atoms with Gasteiger partial charge in [0.15, 0.2) is 5.78 Å². The molecule has 1 fully saturated rings. The highest BCUT2D eigenvalue weighted by Crippen LogP contribution is 2.33. The number of hydrogen-bond donors (Lipinski definition) is 0. The van der Waals surface area contributed by atoms with E-state index in [0.717, 1.165) is 5.56 Å². The van der Waals surface area contributed by atoms with Gasteiger partial charge in [0.1, 0.15) is 0 Å². The summed E-state index contributed by atoms with van der Waals surface area (Å²) in [6, 6.07) is 16.3. The molecule has 5 nitrogen and oxygen atoms in total. The Bertz CT molecular complexity index is 852. The lowest BCUT2D eigenvalue weighted by atomic mass is 9.86. The van der Waals surface area contributed by atoms with E-state index in [1.807, 2.05) is 30.3 Å². The minimum absolute atomic E-state index is 0.124. The number of benzene rings is 2. The fourth-order valence-corrected chi connectivity index (χ4v) is 3.66. The lowest BCUT2D eigenvalue weighted by molar-refractivity contribution is -0.145. The highest BCUT2D eigenvalue weighted by Gasteiger charge is 2.45. The number of ether oxygens (including phenoxy) is 1. The zero-order valence-corrected chi connectivity index (χ0v) is 15.7. The molecule has 0 N–H and O–H groups in total. The minimum atomic E-state index is -0.745. The van der Waals surface area contributed by atoms with Gasteiger partial charge in [-0.1, -0.05) is 54.1 Å². The molecular formula is C21H20ClNO4. The molecule has 2 aromatic carbocycles. The maximum absolute atomic E-state index is 13.1. The molecule has 1 heterocycles. The Hall–Kier alpha value is -2.66. The second-order valence-corrected chi connectivity index (χ2v) is 6.95. The van der Waals surface area contributed by atoms with Crippen LogP contribution in [-0.2, 0) is 20.9 Å². The number of halogens is 1. The molecule has 1 aliphatic rings. The summed E-state index contributed by atoms with van der Waals surface area (Å²) >= 11 is 6.17. The van der Waals surface area contributed by atoms with Gasteiger partial charge < -0.3 is 9.64 Å². The summed E-state index contributed by atoms with van der Waals surface area (Å²) in [7, 11) is 1.27. The molecule has 140 valence electrons. The first kappa shape index (κ1) is 19.1. The van der Waals surface area contributed by atoms with E-state index in [2.05, 4.69) is 0 Å². The molecule has 0 aliphatic carbocycles. The summed E-state index contributed by atoms with van der Waals surface area (Å²) in [6.45, 7) is 0.642. The van der Waals surface area contributed by atoms with Crippen molar-refractivity contribution in [1.29, 1.82) is 0 Å². The van der Waals surface area contributed by atoms with Crippen LogP contribution < -0.4 is 0 Å². The second-order valence-electron chi connectivity index (χ2n) is 6.54. The Morgan fingerprint density at radius 2 is 1.78 bits per heavy atom. The van der Waals surface area contributed by atoms with Crippen LogP contribution in [0.2, 0.25) is 5.02 Å². The third kappa shape index (κ3) is 4.19. The molecule has 0 bridgehead atoms. The van der Waals surface area contributed by atoms with Crippen molar-refractivity contribution in [3.8, 4) is 0 Å². The van der Waals surface area contributed by atoms with Crippen LogP contribution in [0.4, 0.5) is 0 Å². The predicted molar refractivity (Wildman–Crippen MR) is 101 cm³/mol. The normalized spacial score (nSPS) is 19.2. The van der Waals surface area contributed by atoms with Crippen molar-refractivity contribution >= 4 is 29.3 Å². The molecule has 0 unspecified atom stereocenters. The van der Waals surface area contributed by atoms with Gasteiger partial charge in [0.05, 0.1) is 30.4 Å². The minimum Gasteiger partial charge on any atom is -0.469 e. The average Bonchev–Trinajstić information content (AvgIpc) is 2.98. The number of carbonyl (C=O) groups is 3. The van der Waals surface area contributed by atoms with Gasteiger partial charge in [-0.15, -0.1) is 0 Å². The number of carbonyl (C=O) groups excluding carboxylic acids is 3. The fraction of sp³-hybridized carbons (Fsp3) is 0.286. The molecule has 0 radical (unpaired) electrons. The quantitative estimate of drug-likeness (QED) is 0.565. The van der Waals surface area contributed by atoms with Gasteiger partial charge in [-0.05, 0) is 17.7 Å². The summed E-state index contributed by atoms with van der Waals surface area (Å²) in [5.41, 5.74) is 1.34. The van der Waals surface area contributed by atoms with Crippen LogP contribution in [0, 0.1) is 11.8 Å². The predicted octanol–water partition coefficient (Wildman–Crippen LogP) is 3.36. The third-order valence-electron chi connectivity index (χ3n) is 4.84. The number of esters is 1. The molecule has 2 aromatic rings. The van der Waals surface area contributed by atoms with Gasteiger partial charge in [0.25, 0.3) is 0 Å². The van der Waals surface area contributed by atoms with Crippen LogP contribution >= 0.6 is 11.6 Å². The fourth-order valence-electron chi connectivity index (χ4n) is 3.43. The maximum Gasteiger partial charge on any atom is 0.306 e. The van der Waals surface area contributed by atoms with Crippen LogP contribution in [0.15, 0.2) is 54.6 Å². The van der Waals surface area contributed by atoms with Crippen molar-refractivity contribution in [2.45, 2.75) is 13.0 Å². The van der Waals surface area contributed by atoms with Crippen molar-refractivity contribution in [3.05, 3.63) is 70.7 Å². The summed E-state index contributed by atoms with van der Waals surface area (Å²) in [5, 5.41) is 0.341. The number of rotatable bonds is 6. The van der Waals surface area contributed by atoms with E-state index in [1.54, 1.807) is 29.2 Å². The van der Waals surface area contributed by atoms with Gasteiger partial charge in [-0.3, -0.25) is 14.4 Å². The van der Waals surface area contributed by atoms with Crippen molar-refractivity contribution < 1.29 is 19.1 Å². The first-order valence-electron chi connectivity index (χ1n) is 8.69. The maximum atomic E-state index is 13.1. The molecule has 2 atom stereocenters. The lowest BCUT2D eigenvalue weighted by Gasteiger charge is -2.16. The van der Waals surface area contributed by atoms with Gasteiger partial charge in [0.2, 0.25) is 5.91 Å². The van der Waals surface area contributed by atoms with Crippen molar-refractivity contribution in [1.82, 2.24) is 4.90 Å². The summed E-state index contributed by atoms with van der Waals surface area (Å²) < 4.78 is 4.72. The van der Waals surface area contributed by atoms with Crippen LogP contribution in [-0.4, -0.2) is 36.2 Å². The second kappa shape index (κ2) is 8.35. The van der Waals surface area contributed by atoms with E-state index < -0.39 is 17.8 Å². The highest BCUT2D eigenvalue weighted by atomic mass is 35.5. The number of methoxy groups -OCH3 is 1. The molecule has 0 aromatic heterocycles. The highest BCUT2D eigenvalue weighted by molar-refractivity contribution is 6.34. The standard InChI is InChI=1S/C21H20ClNO4/c1-27-19(24)11-16-17(20(25)15-9-5-6-10-18(15)22)13-23(21(16)26)12-14-7-3-2-4-8-14/h2-10,16-17H,11-13H2,1H3/t16-,17+/m0/s1. The van der Waals surface area contributed by atoms with Crippen LogP contribution in [0.25, 0.3) is 0 Å². The Kier molecular flexibility index (Phi) is 5.91. The molecule has 1 aliphatic heterocycles. The summed E-state index contributed by atoms with van der Waals surface area (Å²) in [6.07, 6.45) is -0.124. The first-order valence-corrected chi connectivity index (χ1v) is 9.07. The lowest BCUT2D eigenvalue weighted by Crippen LogP contribution is -2.28. The number of Topliss-reactive ketones (excluding diaryl/α,β-unsaturated/α-hetero) is 1. The molecule has 27 heavy (non-hydrogen) atoms. The zero-order valence-electron chi connectivity index (χ0n) is 14.9. The summed E-state index contributed by atoms with van der Waals surface area (Å²) in [4.78, 5) is 39.4. The number of hydrogen-bond acceptors (Lipinski definition) is 4. The molecule has 0 saturated carbocycles. The Balaban J connectivity index is 1.87. The van der Waals surface area contributed by atoms with E-state index in [9.17, 15) is 14.4 Å². The van der Waals surface area contributed by atoms with E-state index in [-0.39, 0.29) is 24.7 Å². The monoisotopic (exact) mass is 385 g/mol. The van der Waals surface area contributed by atoms with Crippen LogP contribution in [0.3, 0.4) is 0 Å². The Morgan fingerprint density at radius 3 is 2.44 bits per heavy atom. The Morgan fingerprint density at radius 1 is 1.11 bits per heavy atom. The summed E-state index contributed by atoms with van der Waals surface area (Å²) in [5.74, 6) is -2.33. The van der Waals surface area contributed by atoms with Crippen molar-refractivity contribution in [2.75, 3.05) is 13.7 Å². The van der Waals surface area contributed by atoms with Crippen LogP contribution in [0.1, 0.15) is 22.3 Å². The average molecular weight is 386 g/mol. The topological polar surface area (TPSA) is 63.7 Å². The Labute approximate surface area is 162 Å². The van der Waals surface area contributed by atoms with Gasteiger partial charge in [-0.2, -0.15) is 0 Å². The van der Waals surface area contributed by atoms with Crippen molar-refractivity contribution in [2.24, 2.45) is 11.8 Å². The van der Waals surface area contributed by atoms with Gasteiger partial charge in [-0.25, -0.2) is 0 Å². The van der Waals surface area contributed by atoms with Gasteiger partial charge >= 0.3 is 5.97 Å². The molecule has 0 spiro atoms. The van der Waals surface area contributed by atoms with E-state index in [4.69, 9.17) is 16.3 Å². The van der Waals surface area contributed by atoms with E-state index in [1.165, 1.54) is 7.11 Å². The van der Waals surface area contributed by atoms with E-state index >= 15 is 0 Å². The number of amides is 1. The third-order valence-corrected chi connectivity index (χ3v) is 5.17. The first-order chi connectivity index (χ1) is 13.0. The number of likely N-dealkylation sites (tertiary alicyclic amines) is 1. The molecule has 6 heteroatoms. The zero-order chi connectivity index (χ0) is 19.4. The van der Waals surface area contributed by atoms with Crippen molar-refractivity contribution in [3.63, 3.8) is 0 Å².